The van der Waals surface area contributed by atoms with E-state index in [9.17, 15) is 9.00 Å². The molecule has 1 N–H and O–H groups in total. The maximum Gasteiger partial charge on any atom is 0.295 e. The molecule has 38 heavy (non-hydrogen) atoms. The Morgan fingerprint density at radius 2 is 1.92 bits per heavy atom. The second-order valence-electron chi connectivity index (χ2n) is 9.64. The average molecular weight is 533 g/mol. The molecule has 0 spiro atoms. The van der Waals surface area contributed by atoms with Gasteiger partial charge < -0.3 is 5.32 Å². The van der Waals surface area contributed by atoms with Crippen molar-refractivity contribution in [3.63, 3.8) is 0 Å². The van der Waals surface area contributed by atoms with Gasteiger partial charge in [0.1, 0.15) is 11.8 Å². The summed E-state index contributed by atoms with van der Waals surface area (Å²) in [6.07, 6.45) is 8.82. The van der Waals surface area contributed by atoms with Crippen LogP contribution < -0.4 is 10.9 Å². The Morgan fingerprint density at radius 1 is 1.11 bits per heavy atom. The number of anilines is 1. The lowest BCUT2D eigenvalue weighted by Crippen LogP contribution is -2.28. The summed E-state index contributed by atoms with van der Waals surface area (Å²) in [5.74, 6) is 1.68. The Hall–Kier alpha value is -3.60. The van der Waals surface area contributed by atoms with E-state index in [0.717, 1.165) is 48.3 Å². The van der Waals surface area contributed by atoms with Gasteiger partial charge in [-0.3, -0.25) is 18.6 Å². The Morgan fingerprint density at radius 3 is 2.61 bits per heavy atom. The molecule has 10 nitrogen and oxygen atoms in total. The Bertz CT molecular complexity index is 1550. The van der Waals surface area contributed by atoms with E-state index < -0.39 is 10.8 Å². The van der Waals surface area contributed by atoms with E-state index in [-0.39, 0.29) is 17.4 Å². The van der Waals surface area contributed by atoms with E-state index in [4.69, 9.17) is 4.98 Å². The van der Waals surface area contributed by atoms with Gasteiger partial charge in [-0.15, -0.1) is 0 Å². The summed E-state index contributed by atoms with van der Waals surface area (Å²) >= 11 is 0. The average Bonchev–Trinajstić information content (AvgIpc) is 3.77. The number of pyridine rings is 1. The van der Waals surface area contributed by atoms with Crippen LogP contribution in [0.4, 0.5) is 5.82 Å². The molecule has 1 saturated carbocycles. The highest BCUT2D eigenvalue weighted by Gasteiger charge is 2.30. The highest BCUT2D eigenvalue weighted by Crippen LogP contribution is 2.43. The van der Waals surface area contributed by atoms with Gasteiger partial charge in [-0.05, 0) is 45.2 Å². The molecule has 1 aliphatic rings. The molecule has 5 rings (SSSR count). The molecule has 4 aromatic heterocycles. The molecule has 0 bridgehead atoms. The molecule has 0 aromatic carbocycles. The molecule has 11 heteroatoms. The van der Waals surface area contributed by atoms with Crippen molar-refractivity contribution in [2.45, 2.75) is 76.8 Å². The van der Waals surface area contributed by atoms with Gasteiger partial charge in [0.25, 0.3) is 5.56 Å². The van der Waals surface area contributed by atoms with Crippen molar-refractivity contribution in [1.82, 2.24) is 34.5 Å². The third-order valence-corrected chi connectivity index (χ3v) is 8.08. The van der Waals surface area contributed by atoms with Gasteiger partial charge in [-0.25, -0.2) is 24.9 Å². The molecule has 2 atom stereocenters. The van der Waals surface area contributed by atoms with Gasteiger partial charge in [-0.1, -0.05) is 20.3 Å². The molecule has 4 heterocycles. The molecule has 0 aliphatic heterocycles. The van der Waals surface area contributed by atoms with Crippen molar-refractivity contribution in [2.75, 3.05) is 11.1 Å². The largest absolute Gasteiger partial charge is 0.360 e. The van der Waals surface area contributed by atoms with E-state index in [1.165, 1.54) is 0 Å². The van der Waals surface area contributed by atoms with Crippen LogP contribution in [0, 0.1) is 6.92 Å². The zero-order chi connectivity index (χ0) is 26.8. The van der Waals surface area contributed by atoms with E-state index in [1.807, 2.05) is 26.8 Å². The van der Waals surface area contributed by atoms with Crippen molar-refractivity contribution >= 4 is 27.8 Å². The predicted octanol–water partition coefficient (Wildman–Crippen LogP) is 4.33. The van der Waals surface area contributed by atoms with Gasteiger partial charge in [-0.2, -0.15) is 0 Å². The first kappa shape index (κ1) is 26.0. The highest BCUT2D eigenvalue weighted by molar-refractivity contribution is 7.85. The van der Waals surface area contributed by atoms with Crippen LogP contribution >= 0.6 is 0 Å². The van der Waals surface area contributed by atoms with E-state index in [1.54, 1.807) is 29.4 Å². The van der Waals surface area contributed by atoms with E-state index in [0.29, 0.717) is 40.1 Å². The minimum Gasteiger partial charge on any atom is -0.360 e. The van der Waals surface area contributed by atoms with Gasteiger partial charge in [0.05, 0.1) is 51.1 Å². The van der Waals surface area contributed by atoms with Gasteiger partial charge in [0.15, 0.2) is 17.3 Å². The Balaban J connectivity index is 1.54. The number of aryl methyl sites for hydroxylation is 1. The Kier molecular flexibility index (Phi) is 7.55. The maximum absolute atomic E-state index is 13.7. The normalized spacial score (nSPS) is 14.9. The van der Waals surface area contributed by atoms with Crippen molar-refractivity contribution in [1.29, 1.82) is 0 Å². The number of rotatable bonds is 10. The van der Waals surface area contributed by atoms with Crippen molar-refractivity contribution in [3.8, 4) is 11.4 Å². The smallest absolute Gasteiger partial charge is 0.295 e. The first-order chi connectivity index (χ1) is 18.4. The summed E-state index contributed by atoms with van der Waals surface area (Å²) in [7, 11) is -1.06. The number of fused-ring (bicyclic) bond motifs is 1. The first-order valence-corrected chi connectivity index (χ1v) is 14.4. The topological polar surface area (TPSA) is 128 Å². The number of aromatic nitrogens is 7. The van der Waals surface area contributed by atoms with Crippen LogP contribution in [0.25, 0.3) is 22.6 Å². The van der Waals surface area contributed by atoms with Crippen molar-refractivity contribution < 1.29 is 4.21 Å². The fourth-order valence-corrected chi connectivity index (χ4v) is 5.34. The number of hydrogen-bond acceptors (Lipinski definition) is 9. The molecular weight excluding hydrogens is 500 g/mol. The molecule has 1 unspecified atom stereocenters. The molecule has 0 radical (unpaired) electrons. The van der Waals surface area contributed by atoms with Crippen LogP contribution in [0.2, 0.25) is 0 Å². The van der Waals surface area contributed by atoms with Gasteiger partial charge >= 0.3 is 0 Å². The van der Waals surface area contributed by atoms with E-state index >= 15 is 0 Å². The lowest BCUT2D eigenvalue weighted by molar-refractivity contribution is 0.497. The molecule has 1 aliphatic carbocycles. The zero-order valence-electron chi connectivity index (χ0n) is 22.1. The lowest BCUT2D eigenvalue weighted by Gasteiger charge is -2.19. The molecule has 0 amide bonds. The Labute approximate surface area is 223 Å². The third kappa shape index (κ3) is 5.20. The molecular formula is C27H32N8O2S. The quantitative estimate of drug-likeness (QED) is 0.317. The fourth-order valence-electron chi connectivity index (χ4n) is 4.62. The second-order valence-corrected chi connectivity index (χ2v) is 11.4. The van der Waals surface area contributed by atoms with Crippen LogP contribution in [0.3, 0.4) is 0 Å². The molecule has 198 valence electrons. The van der Waals surface area contributed by atoms with Crippen molar-refractivity contribution in [3.05, 3.63) is 58.3 Å². The molecule has 0 saturated heterocycles. The number of hydrogen-bond donors (Lipinski definition) is 1. The highest BCUT2D eigenvalue weighted by atomic mass is 32.2. The summed E-state index contributed by atoms with van der Waals surface area (Å²) in [6, 6.07) is 3.53. The lowest BCUT2D eigenvalue weighted by atomic mass is 10.1. The van der Waals surface area contributed by atoms with Gasteiger partial charge in [0.2, 0.25) is 0 Å². The summed E-state index contributed by atoms with van der Waals surface area (Å²) in [5.41, 5.74) is 4.15. The number of nitrogens with zero attached hydrogens (tertiary/aromatic N) is 7. The van der Waals surface area contributed by atoms with Crippen LogP contribution in [0.15, 0.2) is 40.5 Å². The maximum atomic E-state index is 13.7. The standard InChI is InChI=1S/C27H32N8O2S/c1-5-7-16(3)35-26-21(14-30-24(34-26)22-17(4)31-15-32-23(22)18-8-9-18)33-25(27(35)36)29-12-19-10-11-20(13-28-19)38(37)6-2/h10-11,13-16,18H,5-9,12H2,1-4H3,(H,29,33)/t16-,38?/m0/s1. The summed E-state index contributed by atoms with van der Waals surface area (Å²) in [6.45, 7) is 8.23. The number of nitrogens with one attached hydrogen (secondary N) is 1. The first-order valence-electron chi connectivity index (χ1n) is 13.1. The summed E-state index contributed by atoms with van der Waals surface area (Å²) in [4.78, 5) is 41.8. The minimum atomic E-state index is -1.06. The minimum absolute atomic E-state index is 0.0845. The zero-order valence-corrected chi connectivity index (χ0v) is 23.0. The molecule has 4 aromatic rings. The predicted molar refractivity (Wildman–Crippen MR) is 147 cm³/mol. The molecule has 1 fully saturated rings. The van der Waals surface area contributed by atoms with E-state index in [2.05, 4.69) is 37.2 Å². The third-order valence-electron chi connectivity index (χ3n) is 6.79. The van der Waals surface area contributed by atoms with Crippen molar-refractivity contribution in [2.24, 2.45) is 0 Å². The second kappa shape index (κ2) is 11.0. The van der Waals surface area contributed by atoms with Crippen LogP contribution in [0.1, 0.15) is 75.5 Å². The SMILES string of the molecule is CCC[C@H](C)n1c(=O)c(NCc2ccc(S(=O)CC)cn2)nc2cnc(-c3c(C)ncnc3C3CC3)nc21. The van der Waals surface area contributed by atoms with Crippen LogP contribution in [-0.4, -0.2) is 44.4 Å². The fraction of sp³-hybridized carbons (Fsp3) is 0.444. The van der Waals surface area contributed by atoms with Crippen LogP contribution in [0.5, 0.6) is 0 Å². The monoisotopic (exact) mass is 532 g/mol. The van der Waals surface area contributed by atoms with Crippen LogP contribution in [-0.2, 0) is 17.3 Å². The van der Waals surface area contributed by atoms with Gasteiger partial charge in [0, 0.05) is 23.9 Å². The summed E-state index contributed by atoms with van der Waals surface area (Å²) in [5, 5.41) is 3.15. The summed E-state index contributed by atoms with van der Waals surface area (Å²) < 4.78 is 13.7.